The first-order valence-electron chi connectivity index (χ1n) is 8.40. The molecule has 0 radical (unpaired) electrons. The molecule has 134 valence electrons. The Bertz CT molecular complexity index is 1110. The van der Waals surface area contributed by atoms with Crippen LogP contribution < -0.4 is 0 Å². The molecule has 1 aromatic heterocycles. The molecule has 4 aromatic rings. The number of para-hydroxylation sites is 1. The van der Waals surface area contributed by atoms with Gasteiger partial charge in [0.1, 0.15) is 0 Å². The van der Waals surface area contributed by atoms with E-state index in [1.165, 1.54) is 11.8 Å². The number of rotatable bonds is 5. The molecule has 0 aliphatic heterocycles. The van der Waals surface area contributed by atoms with Gasteiger partial charge in [0.05, 0.1) is 10.3 Å². The highest BCUT2D eigenvalue weighted by Gasteiger charge is 2.26. The van der Waals surface area contributed by atoms with E-state index in [1.54, 1.807) is 24.4 Å². The first-order chi connectivity index (χ1) is 13.1. The molecule has 1 heterocycles. The van der Waals surface area contributed by atoms with Crippen LogP contribution in [0.2, 0.25) is 10.0 Å². The van der Waals surface area contributed by atoms with Crippen LogP contribution in [0.3, 0.4) is 0 Å². The minimum Gasteiger partial charge on any atom is -0.360 e. The van der Waals surface area contributed by atoms with Crippen LogP contribution >= 0.6 is 35.0 Å². The molecule has 0 saturated heterocycles. The SMILES string of the molecule is O=C(c1c[nH]c2ccccc12)C(Sc1cc(Cl)ccc1Cl)c1ccccc1. The zero-order valence-electron chi connectivity index (χ0n) is 14.2. The number of halogens is 2. The molecule has 4 rings (SSSR count). The lowest BCUT2D eigenvalue weighted by molar-refractivity contribution is 0.0991. The second-order valence-electron chi connectivity index (χ2n) is 6.10. The molecule has 0 saturated carbocycles. The minimum atomic E-state index is -0.429. The van der Waals surface area contributed by atoms with E-state index in [0.29, 0.717) is 15.6 Å². The fourth-order valence-electron chi connectivity index (χ4n) is 3.01. The van der Waals surface area contributed by atoms with Gasteiger partial charge in [0, 0.05) is 32.6 Å². The molecule has 0 amide bonds. The van der Waals surface area contributed by atoms with Gasteiger partial charge in [0.2, 0.25) is 0 Å². The van der Waals surface area contributed by atoms with E-state index in [0.717, 1.165) is 21.4 Å². The van der Waals surface area contributed by atoms with Gasteiger partial charge in [0.25, 0.3) is 0 Å². The van der Waals surface area contributed by atoms with E-state index in [4.69, 9.17) is 23.2 Å². The summed E-state index contributed by atoms with van der Waals surface area (Å²) in [5.74, 6) is 0.0275. The van der Waals surface area contributed by atoms with Crippen molar-refractivity contribution >= 4 is 51.6 Å². The maximum absolute atomic E-state index is 13.5. The number of hydrogen-bond donors (Lipinski definition) is 1. The van der Waals surface area contributed by atoms with E-state index < -0.39 is 5.25 Å². The van der Waals surface area contributed by atoms with Gasteiger partial charge in [-0.1, -0.05) is 71.7 Å². The minimum absolute atomic E-state index is 0.0275. The highest BCUT2D eigenvalue weighted by Crippen LogP contribution is 2.42. The van der Waals surface area contributed by atoms with E-state index in [-0.39, 0.29) is 5.78 Å². The molecule has 0 fully saturated rings. The zero-order chi connectivity index (χ0) is 18.8. The fourth-order valence-corrected chi connectivity index (χ4v) is 4.66. The summed E-state index contributed by atoms with van der Waals surface area (Å²) in [4.78, 5) is 17.5. The fraction of sp³-hybridized carbons (Fsp3) is 0.0455. The topological polar surface area (TPSA) is 32.9 Å². The molecule has 1 unspecified atom stereocenters. The van der Waals surface area contributed by atoms with Crippen molar-refractivity contribution in [1.29, 1.82) is 0 Å². The maximum atomic E-state index is 13.5. The van der Waals surface area contributed by atoms with Gasteiger partial charge in [-0.3, -0.25) is 4.79 Å². The van der Waals surface area contributed by atoms with Crippen molar-refractivity contribution in [2.75, 3.05) is 0 Å². The van der Waals surface area contributed by atoms with E-state index >= 15 is 0 Å². The first-order valence-corrected chi connectivity index (χ1v) is 10.0. The Balaban J connectivity index is 1.78. The van der Waals surface area contributed by atoms with Crippen molar-refractivity contribution in [2.24, 2.45) is 0 Å². The van der Waals surface area contributed by atoms with Crippen LogP contribution in [0.4, 0.5) is 0 Å². The summed E-state index contributed by atoms with van der Waals surface area (Å²) in [5.41, 5.74) is 2.54. The Hall–Kier alpha value is -2.20. The van der Waals surface area contributed by atoms with Crippen molar-refractivity contribution in [1.82, 2.24) is 4.98 Å². The normalized spacial score (nSPS) is 12.2. The predicted molar refractivity (Wildman–Crippen MR) is 114 cm³/mol. The highest BCUT2D eigenvalue weighted by molar-refractivity contribution is 8.00. The number of aromatic amines is 1. The van der Waals surface area contributed by atoms with Gasteiger partial charge in [-0.05, 0) is 29.8 Å². The lowest BCUT2D eigenvalue weighted by Crippen LogP contribution is -2.09. The third-order valence-corrected chi connectivity index (χ3v) is 6.32. The van der Waals surface area contributed by atoms with Gasteiger partial charge in [-0.25, -0.2) is 0 Å². The number of hydrogen-bond acceptors (Lipinski definition) is 2. The van der Waals surface area contributed by atoms with E-state index in [9.17, 15) is 4.79 Å². The maximum Gasteiger partial charge on any atom is 0.182 e. The molecule has 2 nitrogen and oxygen atoms in total. The van der Waals surface area contributed by atoms with Crippen molar-refractivity contribution < 1.29 is 4.79 Å². The number of carbonyl (C=O) groups excluding carboxylic acids is 1. The molecule has 5 heteroatoms. The van der Waals surface area contributed by atoms with Crippen LogP contribution in [0.1, 0.15) is 21.2 Å². The number of fused-ring (bicyclic) bond motifs is 1. The van der Waals surface area contributed by atoms with E-state index in [2.05, 4.69) is 4.98 Å². The molecule has 1 atom stereocenters. The number of carbonyl (C=O) groups is 1. The summed E-state index contributed by atoms with van der Waals surface area (Å²) >= 11 is 13.9. The summed E-state index contributed by atoms with van der Waals surface area (Å²) in [6, 6.07) is 22.8. The molecule has 0 aliphatic rings. The van der Waals surface area contributed by atoms with Crippen LogP contribution in [0.5, 0.6) is 0 Å². The second-order valence-corrected chi connectivity index (χ2v) is 8.09. The summed E-state index contributed by atoms with van der Waals surface area (Å²) in [7, 11) is 0. The molecule has 3 aromatic carbocycles. The quantitative estimate of drug-likeness (QED) is 0.278. The van der Waals surface area contributed by atoms with Crippen LogP contribution in [-0.4, -0.2) is 10.8 Å². The Morgan fingerprint density at radius 3 is 2.48 bits per heavy atom. The lowest BCUT2D eigenvalue weighted by Gasteiger charge is -2.17. The van der Waals surface area contributed by atoms with Gasteiger partial charge >= 0.3 is 0 Å². The van der Waals surface area contributed by atoms with Gasteiger partial charge in [-0.15, -0.1) is 11.8 Å². The van der Waals surface area contributed by atoms with Crippen molar-refractivity contribution in [3.63, 3.8) is 0 Å². The third-order valence-electron chi connectivity index (χ3n) is 4.33. The Morgan fingerprint density at radius 2 is 1.67 bits per heavy atom. The lowest BCUT2D eigenvalue weighted by atomic mass is 10.0. The molecule has 27 heavy (non-hydrogen) atoms. The molecule has 0 spiro atoms. The standard InChI is InChI=1S/C22H15Cl2NOS/c23-15-10-11-18(24)20(12-15)27-22(14-6-2-1-3-7-14)21(26)17-13-25-19-9-5-4-8-16(17)19/h1-13,22,25H. The molecule has 1 N–H and O–H groups in total. The average Bonchev–Trinajstić information content (AvgIpc) is 3.13. The van der Waals surface area contributed by atoms with Gasteiger partial charge < -0.3 is 4.98 Å². The number of Topliss-reactive ketones (excluding diaryl/α,β-unsaturated/α-hetero) is 1. The van der Waals surface area contributed by atoms with Crippen LogP contribution in [0, 0.1) is 0 Å². The summed E-state index contributed by atoms with van der Waals surface area (Å²) < 4.78 is 0. The van der Waals surface area contributed by atoms with Crippen LogP contribution in [0.25, 0.3) is 10.9 Å². The highest BCUT2D eigenvalue weighted by atomic mass is 35.5. The molecular formula is C22H15Cl2NOS. The molecule has 0 bridgehead atoms. The summed E-state index contributed by atoms with van der Waals surface area (Å²) in [5, 5.41) is 1.66. The van der Waals surface area contributed by atoms with Crippen molar-refractivity contribution in [3.8, 4) is 0 Å². The number of nitrogens with one attached hydrogen (secondary N) is 1. The smallest absolute Gasteiger partial charge is 0.182 e. The third kappa shape index (κ3) is 3.77. The van der Waals surface area contributed by atoms with Crippen LogP contribution in [0.15, 0.2) is 83.9 Å². The average molecular weight is 412 g/mol. The number of ketones is 1. The van der Waals surface area contributed by atoms with Crippen LogP contribution in [-0.2, 0) is 0 Å². The Labute approximate surface area is 171 Å². The number of benzene rings is 3. The Morgan fingerprint density at radius 1 is 0.926 bits per heavy atom. The zero-order valence-corrected chi connectivity index (χ0v) is 16.5. The predicted octanol–water partition coefficient (Wildman–Crippen LogP) is 7.19. The molecular weight excluding hydrogens is 397 g/mol. The number of aromatic nitrogens is 1. The largest absolute Gasteiger partial charge is 0.360 e. The second kappa shape index (κ2) is 7.81. The van der Waals surface area contributed by atoms with Crippen molar-refractivity contribution in [2.45, 2.75) is 10.1 Å². The summed E-state index contributed by atoms with van der Waals surface area (Å²) in [6.07, 6.45) is 1.78. The van der Waals surface area contributed by atoms with E-state index in [1.807, 2.05) is 54.6 Å². The van der Waals surface area contributed by atoms with Gasteiger partial charge in [-0.2, -0.15) is 0 Å². The molecule has 0 aliphatic carbocycles. The summed E-state index contributed by atoms with van der Waals surface area (Å²) in [6.45, 7) is 0. The van der Waals surface area contributed by atoms with Crippen molar-refractivity contribution in [3.05, 3.63) is 100 Å². The number of H-pyrrole nitrogens is 1. The monoisotopic (exact) mass is 411 g/mol. The Kier molecular flexibility index (Phi) is 5.26. The van der Waals surface area contributed by atoms with Gasteiger partial charge in [0.15, 0.2) is 5.78 Å². The number of thioether (sulfide) groups is 1. The first kappa shape index (κ1) is 18.2.